The number of nitrogens with zero attached hydrogens (tertiary/aromatic N) is 2. The van der Waals surface area contributed by atoms with Gasteiger partial charge in [0.05, 0.1) is 5.56 Å². The Morgan fingerprint density at radius 1 is 1.20 bits per heavy atom. The first kappa shape index (κ1) is 17.0. The fourth-order valence-corrected chi connectivity index (χ4v) is 2.94. The van der Waals surface area contributed by atoms with E-state index in [0.29, 0.717) is 12.1 Å². The normalized spacial score (nSPS) is 15.3. The number of nitrogens with one attached hydrogen (secondary N) is 1. The summed E-state index contributed by atoms with van der Waals surface area (Å²) in [4.78, 5) is 35.8. The lowest BCUT2D eigenvalue weighted by Gasteiger charge is -2.15. The third-order valence-corrected chi connectivity index (χ3v) is 4.73. The van der Waals surface area contributed by atoms with Crippen molar-refractivity contribution in [1.29, 1.82) is 0 Å². The van der Waals surface area contributed by atoms with Crippen LogP contribution in [0, 0.1) is 0 Å². The van der Waals surface area contributed by atoms with Crippen molar-refractivity contribution >= 4 is 12.0 Å². The molecule has 1 aromatic carbocycles. The quantitative estimate of drug-likeness (QED) is 0.824. The van der Waals surface area contributed by atoms with E-state index in [1.807, 2.05) is 18.2 Å². The minimum atomic E-state index is -0.421. The second-order valence-corrected chi connectivity index (χ2v) is 6.54. The van der Waals surface area contributed by atoms with E-state index in [2.05, 4.69) is 17.4 Å². The molecule has 0 bridgehead atoms. The summed E-state index contributed by atoms with van der Waals surface area (Å²) in [6.45, 7) is 0.575. The first-order chi connectivity index (χ1) is 11.9. The molecule has 1 aliphatic carbocycles. The van der Waals surface area contributed by atoms with Crippen LogP contribution in [-0.2, 0) is 24.3 Å². The first-order valence-corrected chi connectivity index (χ1v) is 8.21. The molecule has 1 aromatic heterocycles. The van der Waals surface area contributed by atoms with Gasteiger partial charge in [0, 0.05) is 38.3 Å². The summed E-state index contributed by atoms with van der Waals surface area (Å²) in [7, 11) is 2.98. The van der Waals surface area contributed by atoms with Gasteiger partial charge in [-0.15, -0.1) is 0 Å². The summed E-state index contributed by atoms with van der Waals surface area (Å²) in [6, 6.07) is 10.2. The fourth-order valence-electron chi connectivity index (χ4n) is 2.94. The highest BCUT2D eigenvalue weighted by molar-refractivity contribution is 5.91. The smallest absolute Gasteiger partial charge is 0.330 e. The van der Waals surface area contributed by atoms with Crippen molar-refractivity contribution in [3.05, 3.63) is 74.6 Å². The molecule has 0 unspecified atom stereocenters. The molecule has 0 atom stereocenters. The van der Waals surface area contributed by atoms with Crippen LogP contribution in [0.3, 0.4) is 0 Å². The van der Waals surface area contributed by atoms with Crippen molar-refractivity contribution in [1.82, 2.24) is 14.5 Å². The lowest BCUT2D eigenvalue weighted by Crippen LogP contribution is -2.37. The molecule has 0 aliphatic heterocycles. The van der Waals surface area contributed by atoms with Gasteiger partial charge in [-0.05, 0) is 24.5 Å². The van der Waals surface area contributed by atoms with Crippen LogP contribution in [0.5, 0.6) is 0 Å². The molecule has 1 saturated carbocycles. The van der Waals surface area contributed by atoms with Crippen LogP contribution in [0.2, 0.25) is 0 Å². The number of aromatic nitrogens is 2. The second-order valence-electron chi connectivity index (χ2n) is 6.54. The maximum atomic E-state index is 12.1. The van der Waals surface area contributed by atoms with Gasteiger partial charge in [0.15, 0.2) is 0 Å². The summed E-state index contributed by atoms with van der Waals surface area (Å²) in [5, 5.41) is 2.91. The first-order valence-electron chi connectivity index (χ1n) is 8.21. The summed E-state index contributed by atoms with van der Waals surface area (Å²) in [6.07, 6.45) is 6.33. The predicted molar refractivity (Wildman–Crippen MR) is 96.3 cm³/mol. The highest BCUT2D eigenvalue weighted by atomic mass is 16.2. The molecule has 130 valence electrons. The zero-order valence-electron chi connectivity index (χ0n) is 14.4. The van der Waals surface area contributed by atoms with E-state index in [9.17, 15) is 14.4 Å². The van der Waals surface area contributed by atoms with E-state index < -0.39 is 11.2 Å². The number of benzene rings is 1. The van der Waals surface area contributed by atoms with Crippen LogP contribution in [0.15, 0.2) is 52.2 Å². The molecule has 0 saturated heterocycles. The van der Waals surface area contributed by atoms with Crippen molar-refractivity contribution in [2.75, 3.05) is 6.54 Å². The average molecular weight is 339 g/mol. The van der Waals surface area contributed by atoms with Gasteiger partial charge >= 0.3 is 5.69 Å². The molecule has 1 fully saturated rings. The highest BCUT2D eigenvalue weighted by Gasteiger charge is 2.44. The van der Waals surface area contributed by atoms with Crippen molar-refractivity contribution in [2.45, 2.75) is 18.3 Å². The second kappa shape index (κ2) is 6.55. The summed E-state index contributed by atoms with van der Waals surface area (Å²) in [5.41, 5.74) is 0.757. The maximum Gasteiger partial charge on any atom is 0.330 e. The standard InChI is InChI=1S/C19H21N3O3/c1-21-12-14(17(24)22(2)18(21)25)8-9-16(23)20-13-19(10-11-19)15-6-4-3-5-7-15/h3-9,12H,10-11,13H2,1-2H3,(H,20,23)/b9-8+. The van der Waals surface area contributed by atoms with E-state index in [0.717, 1.165) is 17.4 Å². The van der Waals surface area contributed by atoms with Gasteiger partial charge in [-0.25, -0.2) is 4.79 Å². The highest BCUT2D eigenvalue weighted by Crippen LogP contribution is 2.47. The van der Waals surface area contributed by atoms with E-state index >= 15 is 0 Å². The molecular weight excluding hydrogens is 318 g/mol. The van der Waals surface area contributed by atoms with Crippen LogP contribution >= 0.6 is 0 Å². The number of carbonyl (C=O) groups is 1. The van der Waals surface area contributed by atoms with Gasteiger partial charge in [-0.3, -0.25) is 14.2 Å². The molecular formula is C19H21N3O3. The van der Waals surface area contributed by atoms with Gasteiger partial charge in [0.25, 0.3) is 5.56 Å². The lowest BCUT2D eigenvalue weighted by atomic mass is 9.96. The third kappa shape index (κ3) is 3.47. The molecule has 1 amide bonds. The number of hydrogen-bond acceptors (Lipinski definition) is 3. The van der Waals surface area contributed by atoms with Crippen LogP contribution in [0.1, 0.15) is 24.0 Å². The zero-order chi connectivity index (χ0) is 18.0. The van der Waals surface area contributed by atoms with Crippen LogP contribution < -0.4 is 16.6 Å². The molecule has 1 aliphatic rings. The Hall–Kier alpha value is -2.89. The SMILES string of the molecule is Cn1cc(/C=C/C(=O)NCC2(c3ccccc3)CC2)c(=O)n(C)c1=O. The number of carbonyl (C=O) groups excluding carboxylic acids is 1. The number of hydrogen-bond donors (Lipinski definition) is 1. The average Bonchev–Trinajstić information content (AvgIpc) is 3.42. The molecule has 1 N–H and O–H groups in total. The van der Waals surface area contributed by atoms with Gasteiger partial charge in [0.1, 0.15) is 0 Å². The Kier molecular flexibility index (Phi) is 4.44. The maximum absolute atomic E-state index is 12.1. The van der Waals surface area contributed by atoms with Crippen LogP contribution in [-0.4, -0.2) is 21.6 Å². The van der Waals surface area contributed by atoms with E-state index in [4.69, 9.17) is 0 Å². The topological polar surface area (TPSA) is 73.1 Å². The van der Waals surface area contributed by atoms with Crippen molar-refractivity contribution in [3.63, 3.8) is 0 Å². The minimum absolute atomic E-state index is 0.0392. The van der Waals surface area contributed by atoms with Gasteiger partial charge in [0.2, 0.25) is 5.91 Å². The number of aryl methyl sites for hydroxylation is 1. The minimum Gasteiger partial charge on any atom is -0.352 e. The van der Waals surface area contributed by atoms with Gasteiger partial charge in [-0.2, -0.15) is 0 Å². The van der Waals surface area contributed by atoms with Gasteiger partial charge < -0.3 is 9.88 Å². The fraction of sp³-hybridized carbons (Fsp3) is 0.316. The Bertz CT molecular complexity index is 935. The largest absolute Gasteiger partial charge is 0.352 e. The molecule has 6 nitrogen and oxygen atoms in total. The predicted octanol–water partition coefficient (Wildman–Crippen LogP) is 0.945. The summed E-state index contributed by atoms with van der Waals surface area (Å²) >= 11 is 0. The monoisotopic (exact) mass is 339 g/mol. The third-order valence-electron chi connectivity index (χ3n) is 4.73. The Morgan fingerprint density at radius 3 is 2.52 bits per heavy atom. The molecule has 0 radical (unpaired) electrons. The van der Waals surface area contributed by atoms with Crippen LogP contribution in [0.4, 0.5) is 0 Å². The van der Waals surface area contributed by atoms with E-state index in [1.54, 1.807) is 7.05 Å². The molecule has 1 heterocycles. The lowest BCUT2D eigenvalue weighted by molar-refractivity contribution is -0.116. The zero-order valence-corrected chi connectivity index (χ0v) is 14.4. The number of rotatable bonds is 5. The van der Waals surface area contributed by atoms with Crippen LogP contribution in [0.25, 0.3) is 6.08 Å². The Balaban J connectivity index is 1.67. The molecule has 2 aromatic rings. The molecule has 6 heteroatoms. The Labute approximate surface area is 145 Å². The van der Waals surface area contributed by atoms with Gasteiger partial charge in [-0.1, -0.05) is 30.3 Å². The summed E-state index contributed by atoms with van der Waals surface area (Å²) in [5.74, 6) is -0.252. The van der Waals surface area contributed by atoms with Crippen molar-refractivity contribution in [3.8, 4) is 0 Å². The molecule has 0 spiro atoms. The number of amides is 1. The molecule has 25 heavy (non-hydrogen) atoms. The van der Waals surface area contributed by atoms with Crippen molar-refractivity contribution < 1.29 is 4.79 Å². The van der Waals surface area contributed by atoms with E-state index in [-0.39, 0.29) is 11.3 Å². The van der Waals surface area contributed by atoms with E-state index in [1.165, 1.54) is 35.5 Å². The summed E-state index contributed by atoms with van der Waals surface area (Å²) < 4.78 is 2.33. The van der Waals surface area contributed by atoms with Crippen molar-refractivity contribution in [2.24, 2.45) is 14.1 Å². The Morgan fingerprint density at radius 2 is 1.88 bits per heavy atom. The molecule has 3 rings (SSSR count).